The van der Waals surface area contributed by atoms with E-state index in [0.717, 1.165) is 15.6 Å². The summed E-state index contributed by atoms with van der Waals surface area (Å²) in [6.45, 7) is 3.48. The first-order chi connectivity index (χ1) is 10.1. The van der Waals surface area contributed by atoms with Crippen LogP contribution >= 0.6 is 11.3 Å². The molecule has 0 spiro atoms. The van der Waals surface area contributed by atoms with Gasteiger partial charge in [0, 0.05) is 36.1 Å². The Hall–Kier alpha value is -2.08. The lowest BCUT2D eigenvalue weighted by atomic mass is 10.1. The Morgan fingerprint density at radius 1 is 1.38 bits per heavy atom. The number of carbonyl (C=O) groups excluding carboxylic acids is 2. The molecule has 1 saturated heterocycles. The summed E-state index contributed by atoms with van der Waals surface area (Å²) in [6.07, 6.45) is 0.343. The lowest BCUT2D eigenvalue weighted by molar-refractivity contribution is -0.120. The number of nitrogen functional groups attached to an aromatic ring is 1. The Morgan fingerprint density at radius 3 is 3.00 bits per heavy atom. The van der Waals surface area contributed by atoms with Gasteiger partial charge in [0.05, 0.1) is 5.69 Å². The Balaban J connectivity index is 1.94. The highest BCUT2D eigenvalue weighted by Crippen LogP contribution is 2.35. The monoisotopic (exact) mass is 303 g/mol. The molecule has 0 radical (unpaired) electrons. The third-order valence-corrected chi connectivity index (χ3v) is 4.83. The second-order valence-electron chi connectivity index (χ2n) is 5.24. The van der Waals surface area contributed by atoms with Crippen LogP contribution in [0, 0.1) is 6.92 Å². The van der Waals surface area contributed by atoms with Crippen LogP contribution in [0.5, 0.6) is 0 Å². The third kappa shape index (κ3) is 2.58. The van der Waals surface area contributed by atoms with Crippen molar-refractivity contribution >= 4 is 38.9 Å². The first kappa shape index (κ1) is 13.9. The van der Waals surface area contributed by atoms with Gasteiger partial charge in [-0.1, -0.05) is 12.1 Å². The Morgan fingerprint density at radius 2 is 2.19 bits per heavy atom. The summed E-state index contributed by atoms with van der Waals surface area (Å²) in [6, 6.07) is 6.00. The van der Waals surface area contributed by atoms with Crippen molar-refractivity contribution in [1.82, 2.24) is 10.2 Å². The average molecular weight is 303 g/mol. The highest BCUT2D eigenvalue weighted by atomic mass is 32.1. The van der Waals surface area contributed by atoms with Gasteiger partial charge in [-0.15, -0.1) is 11.3 Å². The highest BCUT2D eigenvalue weighted by Gasteiger charge is 2.24. The van der Waals surface area contributed by atoms with E-state index in [9.17, 15) is 9.59 Å². The number of aryl methyl sites for hydroxylation is 1. The summed E-state index contributed by atoms with van der Waals surface area (Å²) < 4.78 is 1.03. The van der Waals surface area contributed by atoms with Crippen molar-refractivity contribution in [2.75, 3.05) is 25.4 Å². The largest absolute Gasteiger partial charge is 0.397 e. The lowest BCUT2D eigenvalue weighted by Gasteiger charge is -2.18. The molecule has 1 fully saturated rings. The lowest BCUT2D eigenvalue weighted by Crippen LogP contribution is -2.34. The minimum atomic E-state index is -0.0807. The molecule has 1 aliphatic rings. The molecule has 1 aliphatic heterocycles. The number of amides is 2. The predicted molar refractivity (Wildman–Crippen MR) is 84.5 cm³/mol. The molecule has 0 saturated carbocycles. The number of fused-ring (bicyclic) bond motifs is 1. The molecule has 2 aromatic rings. The molecule has 6 heteroatoms. The van der Waals surface area contributed by atoms with Gasteiger partial charge < -0.3 is 16.0 Å². The molecule has 1 aromatic carbocycles. The number of anilines is 1. The topological polar surface area (TPSA) is 75.4 Å². The van der Waals surface area contributed by atoms with Gasteiger partial charge in [0.1, 0.15) is 4.88 Å². The zero-order valence-corrected chi connectivity index (χ0v) is 12.6. The highest BCUT2D eigenvalue weighted by molar-refractivity contribution is 7.21. The average Bonchev–Trinajstić information content (AvgIpc) is 2.63. The number of hydrogen-bond donors (Lipinski definition) is 2. The summed E-state index contributed by atoms with van der Waals surface area (Å²) in [4.78, 5) is 26.3. The predicted octanol–water partition coefficient (Wildman–Crippen LogP) is 1.75. The fraction of sp³-hybridized carbons (Fsp3) is 0.333. The van der Waals surface area contributed by atoms with E-state index in [0.29, 0.717) is 36.6 Å². The van der Waals surface area contributed by atoms with Crippen molar-refractivity contribution in [1.29, 1.82) is 0 Å². The smallest absolute Gasteiger partial charge is 0.266 e. The summed E-state index contributed by atoms with van der Waals surface area (Å²) in [5, 5.41) is 3.70. The Kier molecular flexibility index (Phi) is 3.55. The van der Waals surface area contributed by atoms with Crippen molar-refractivity contribution in [2.24, 2.45) is 0 Å². The molecular weight excluding hydrogens is 286 g/mol. The fourth-order valence-electron chi connectivity index (χ4n) is 2.50. The molecule has 5 nitrogen and oxygen atoms in total. The standard InChI is InChI=1S/C15H17N3O2S/c1-9-2-3-10-11(8-9)21-14(13(10)16)15(20)18-6-4-12(19)17-5-7-18/h2-3,8H,4-7,16H2,1H3,(H,17,19). The molecule has 0 bridgehead atoms. The van der Waals surface area contributed by atoms with E-state index in [-0.39, 0.29) is 11.8 Å². The maximum absolute atomic E-state index is 12.7. The van der Waals surface area contributed by atoms with Gasteiger partial charge in [-0.25, -0.2) is 0 Å². The van der Waals surface area contributed by atoms with Crippen LogP contribution in [0.1, 0.15) is 21.7 Å². The van der Waals surface area contributed by atoms with Crippen LogP contribution in [0.3, 0.4) is 0 Å². The molecule has 0 aliphatic carbocycles. The van der Waals surface area contributed by atoms with Crippen LogP contribution < -0.4 is 11.1 Å². The second kappa shape index (κ2) is 5.37. The SMILES string of the molecule is Cc1ccc2c(N)c(C(=O)N3CCNC(=O)CC3)sc2c1. The van der Waals surface area contributed by atoms with Crippen LogP contribution in [-0.2, 0) is 4.79 Å². The van der Waals surface area contributed by atoms with E-state index in [4.69, 9.17) is 5.73 Å². The van der Waals surface area contributed by atoms with Crippen molar-refractivity contribution in [3.63, 3.8) is 0 Å². The van der Waals surface area contributed by atoms with Gasteiger partial charge in [0.2, 0.25) is 5.91 Å². The number of rotatable bonds is 1. The number of carbonyl (C=O) groups is 2. The van der Waals surface area contributed by atoms with Crippen molar-refractivity contribution in [3.8, 4) is 0 Å². The zero-order chi connectivity index (χ0) is 15.0. The van der Waals surface area contributed by atoms with Gasteiger partial charge in [0.15, 0.2) is 0 Å². The minimum Gasteiger partial charge on any atom is -0.397 e. The zero-order valence-electron chi connectivity index (χ0n) is 11.8. The Bertz CT molecular complexity index is 723. The van der Waals surface area contributed by atoms with Gasteiger partial charge in [0.25, 0.3) is 5.91 Å². The van der Waals surface area contributed by atoms with Crippen LogP contribution in [0.15, 0.2) is 18.2 Å². The molecule has 3 N–H and O–H groups in total. The first-order valence-corrected chi connectivity index (χ1v) is 7.72. The molecule has 3 rings (SSSR count). The molecule has 0 atom stereocenters. The molecule has 0 unspecified atom stereocenters. The molecule has 1 aromatic heterocycles. The van der Waals surface area contributed by atoms with Crippen molar-refractivity contribution in [3.05, 3.63) is 28.6 Å². The van der Waals surface area contributed by atoms with Crippen LogP contribution in [0.2, 0.25) is 0 Å². The van der Waals surface area contributed by atoms with E-state index in [1.807, 2.05) is 25.1 Å². The maximum Gasteiger partial charge on any atom is 0.266 e. The summed E-state index contributed by atoms with van der Waals surface area (Å²) >= 11 is 1.43. The molecule has 110 valence electrons. The quantitative estimate of drug-likeness (QED) is 0.843. The summed E-state index contributed by atoms with van der Waals surface area (Å²) in [5.74, 6) is -0.0897. The molecule has 2 amide bonds. The van der Waals surface area contributed by atoms with Gasteiger partial charge in [-0.2, -0.15) is 0 Å². The maximum atomic E-state index is 12.7. The van der Waals surface area contributed by atoms with Gasteiger partial charge >= 0.3 is 0 Å². The van der Waals surface area contributed by atoms with Crippen molar-refractivity contribution in [2.45, 2.75) is 13.3 Å². The number of nitrogens with one attached hydrogen (secondary N) is 1. The number of nitrogens with two attached hydrogens (primary N) is 1. The van der Waals surface area contributed by atoms with E-state index in [1.165, 1.54) is 11.3 Å². The van der Waals surface area contributed by atoms with Crippen LogP contribution in [0.4, 0.5) is 5.69 Å². The van der Waals surface area contributed by atoms with Crippen LogP contribution in [-0.4, -0.2) is 36.3 Å². The first-order valence-electron chi connectivity index (χ1n) is 6.91. The number of thiophene rings is 1. The summed E-state index contributed by atoms with van der Waals surface area (Å²) in [7, 11) is 0. The molecule has 21 heavy (non-hydrogen) atoms. The van der Waals surface area contributed by atoms with E-state index >= 15 is 0 Å². The van der Waals surface area contributed by atoms with Gasteiger partial charge in [-0.3, -0.25) is 9.59 Å². The molecular formula is C15H17N3O2S. The summed E-state index contributed by atoms with van der Waals surface area (Å²) in [5.41, 5.74) is 7.83. The van der Waals surface area contributed by atoms with E-state index < -0.39 is 0 Å². The van der Waals surface area contributed by atoms with E-state index in [2.05, 4.69) is 5.32 Å². The number of hydrogen-bond acceptors (Lipinski definition) is 4. The number of nitrogens with zero attached hydrogens (tertiary/aromatic N) is 1. The Labute approximate surface area is 126 Å². The second-order valence-corrected chi connectivity index (χ2v) is 6.29. The normalized spacial score (nSPS) is 15.9. The molecule has 2 heterocycles. The third-order valence-electron chi connectivity index (χ3n) is 3.68. The van der Waals surface area contributed by atoms with E-state index in [1.54, 1.807) is 4.90 Å². The van der Waals surface area contributed by atoms with Gasteiger partial charge in [-0.05, 0) is 18.6 Å². The van der Waals surface area contributed by atoms with Crippen LogP contribution in [0.25, 0.3) is 10.1 Å². The minimum absolute atomic E-state index is 0.00904. The van der Waals surface area contributed by atoms with Crippen molar-refractivity contribution < 1.29 is 9.59 Å². The number of benzene rings is 1. The fourth-order valence-corrected chi connectivity index (χ4v) is 3.69.